The van der Waals surface area contributed by atoms with E-state index in [0.717, 1.165) is 11.3 Å². The first-order valence-corrected chi connectivity index (χ1v) is 11.3. The molecule has 0 spiro atoms. The quantitative estimate of drug-likeness (QED) is 0.484. The van der Waals surface area contributed by atoms with Gasteiger partial charge in [-0.2, -0.15) is 20.6 Å². The van der Waals surface area contributed by atoms with E-state index in [0.29, 0.717) is 27.1 Å². The number of carbonyl (C=O) groups is 1. The van der Waals surface area contributed by atoms with Crippen LogP contribution in [0.4, 0.5) is 5.13 Å². The highest BCUT2D eigenvalue weighted by atomic mass is 35.5. The highest BCUT2D eigenvalue weighted by molar-refractivity contribution is 7.14. The van der Waals surface area contributed by atoms with Crippen LogP contribution in [0.3, 0.4) is 0 Å². The molecule has 164 valence electrons. The zero-order valence-corrected chi connectivity index (χ0v) is 19.3. The summed E-state index contributed by atoms with van der Waals surface area (Å²) in [5, 5.41) is 27.8. The average Bonchev–Trinajstić information content (AvgIpc) is 3.43. The van der Waals surface area contributed by atoms with Gasteiger partial charge in [-0.3, -0.25) is 4.79 Å². The minimum Gasteiger partial charge on any atom is -0.497 e. The molecule has 0 saturated heterocycles. The number of aromatic nitrogens is 1. The van der Waals surface area contributed by atoms with E-state index >= 15 is 0 Å². The predicted octanol–water partition coefficient (Wildman–Crippen LogP) is 5.26. The molecule has 0 radical (unpaired) electrons. The maximum absolute atomic E-state index is 13.5. The summed E-state index contributed by atoms with van der Waals surface area (Å²) in [5.41, 5.74) is 2.80. The van der Waals surface area contributed by atoms with Gasteiger partial charge in [-0.05, 0) is 48.9 Å². The van der Waals surface area contributed by atoms with Gasteiger partial charge >= 0.3 is 0 Å². The summed E-state index contributed by atoms with van der Waals surface area (Å²) in [6.45, 7) is 1.73. The molecule has 1 amide bonds. The number of amides is 1. The van der Waals surface area contributed by atoms with E-state index in [2.05, 4.69) is 10.1 Å². The highest BCUT2D eigenvalue weighted by Crippen LogP contribution is 2.40. The maximum Gasteiger partial charge on any atom is 0.259 e. The number of nitriles is 2. The summed E-state index contributed by atoms with van der Waals surface area (Å²) in [4.78, 5) is 18.1. The van der Waals surface area contributed by atoms with Gasteiger partial charge in [-0.25, -0.2) is 4.98 Å². The third-order valence-electron chi connectivity index (χ3n) is 5.49. The van der Waals surface area contributed by atoms with Crippen molar-refractivity contribution in [3.05, 3.63) is 64.5 Å². The lowest BCUT2D eigenvalue weighted by molar-refractivity contribution is -0.120. The monoisotopic (exact) mass is 475 g/mol. The largest absolute Gasteiger partial charge is 0.497 e. The Kier molecular flexibility index (Phi) is 6.41. The van der Waals surface area contributed by atoms with Gasteiger partial charge < -0.3 is 4.74 Å². The molecule has 0 saturated carbocycles. The first-order chi connectivity index (χ1) is 16.0. The molecule has 2 heterocycles. The highest BCUT2D eigenvalue weighted by Gasteiger charge is 2.45. The van der Waals surface area contributed by atoms with Gasteiger partial charge in [0.2, 0.25) is 5.13 Å². The number of hydrogen-bond donors (Lipinski definition) is 0. The van der Waals surface area contributed by atoms with Crippen LogP contribution in [0.1, 0.15) is 18.4 Å². The molecule has 33 heavy (non-hydrogen) atoms. The number of methoxy groups -OCH3 is 1. The van der Waals surface area contributed by atoms with Crippen molar-refractivity contribution in [1.82, 2.24) is 4.98 Å². The number of rotatable bonds is 6. The fourth-order valence-electron chi connectivity index (χ4n) is 3.84. The standard InChI is InChI=1S/C24H18ClN5O2S/c1-14-21(22(17(11-26)12-27)16-3-7-18(25)8-4-16)23(31)30(29-14)24-28-20(13-33-24)15-5-9-19(32-2)10-6-15/h3-10,13,17,21-22H,1-2H3. The zero-order valence-electron chi connectivity index (χ0n) is 17.8. The summed E-state index contributed by atoms with van der Waals surface area (Å²) < 4.78 is 5.19. The molecule has 0 fully saturated rings. The molecule has 9 heteroatoms. The Morgan fingerprint density at radius 3 is 2.39 bits per heavy atom. The summed E-state index contributed by atoms with van der Waals surface area (Å²) >= 11 is 7.31. The van der Waals surface area contributed by atoms with Crippen molar-refractivity contribution in [1.29, 1.82) is 10.5 Å². The zero-order chi connectivity index (χ0) is 23.5. The Morgan fingerprint density at radius 1 is 1.12 bits per heavy atom. The number of hydrogen-bond acceptors (Lipinski definition) is 7. The summed E-state index contributed by atoms with van der Waals surface area (Å²) in [5.74, 6) is -2.05. The van der Waals surface area contributed by atoms with E-state index in [9.17, 15) is 15.3 Å². The molecule has 2 unspecified atom stereocenters. The first-order valence-electron chi connectivity index (χ1n) is 10.0. The van der Waals surface area contributed by atoms with Crippen molar-refractivity contribution < 1.29 is 9.53 Å². The van der Waals surface area contributed by atoms with Crippen molar-refractivity contribution in [3.63, 3.8) is 0 Å². The molecule has 0 bridgehead atoms. The van der Waals surface area contributed by atoms with Crippen molar-refractivity contribution in [2.45, 2.75) is 12.8 Å². The SMILES string of the molecule is COc1ccc(-c2csc(N3N=C(C)C(C(c4ccc(Cl)cc4)C(C#N)C#N)C3=O)n2)cc1. The van der Waals surface area contributed by atoms with Crippen LogP contribution in [0, 0.1) is 34.5 Å². The van der Waals surface area contributed by atoms with Gasteiger partial charge in [0.15, 0.2) is 0 Å². The van der Waals surface area contributed by atoms with Gasteiger partial charge in [0, 0.05) is 27.6 Å². The molecular formula is C24H18ClN5O2S. The fraction of sp³-hybridized carbons (Fsp3) is 0.208. The van der Waals surface area contributed by atoms with Crippen LogP contribution in [-0.4, -0.2) is 23.7 Å². The van der Waals surface area contributed by atoms with Crippen LogP contribution < -0.4 is 9.75 Å². The summed E-state index contributed by atoms with van der Waals surface area (Å²) in [6.07, 6.45) is 0. The molecule has 0 aliphatic carbocycles. The number of ether oxygens (including phenoxy) is 1. The van der Waals surface area contributed by atoms with E-state index in [1.165, 1.54) is 16.3 Å². The minimum absolute atomic E-state index is 0.321. The molecule has 1 aliphatic heterocycles. The van der Waals surface area contributed by atoms with Crippen molar-refractivity contribution in [3.8, 4) is 29.1 Å². The lowest BCUT2D eigenvalue weighted by Gasteiger charge is -2.24. The van der Waals surface area contributed by atoms with Crippen LogP contribution in [-0.2, 0) is 4.79 Å². The van der Waals surface area contributed by atoms with Gasteiger partial charge in [0.1, 0.15) is 11.7 Å². The normalized spacial score (nSPS) is 16.3. The molecule has 2 aromatic carbocycles. The maximum atomic E-state index is 13.5. The van der Waals surface area contributed by atoms with Crippen LogP contribution in [0.2, 0.25) is 5.02 Å². The first kappa shape index (κ1) is 22.5. The number of anilines is 1. The molecule has 7 nitrogen and oxygen atoms in total. The van der Waals surface area contributed by atoms with E-state index in [1.54, 1.807) is 38.3 Å². The van der Waals surface area contributed by atoms with E-state index in [1.807, 2.05) is 41.8 Å². The molecule has 0 N–H and O–H groups in total. The van der Waals surface area contributed by atoms with E-state index in [-0.39, 0.29) is 5.91 Å². The Balaban J connectivity index is 1.66. The molecule has 3 aromatic rings. The van der Waals surface area contributed by atoms with E-state index < -0.39 is 17.8 Å². The van der Waals surface area contributed by atoms with Crippen LogP contribution in [0.25, 0.3) is 11.3 Å². The van der Waals surface area contributed by atoms with Gasteiger partial charge in [-0.15, -0.1) is 11.3 Å². The second kappa shape index (κ2) is 9.41. The Morgan fingerprint density at radius 2 is 1.79 bits per heavy atom. The number of hydrazone groups is 1. The molecule has 4 rings (SSSR count). The third kappa shape index (κ3) is 4.31. The van der Waals surface area contributed by atoms with Gasteiger partial charge in [-0.1, -0.05) is 23.7 Å². The minimum atomic E-state index is -1.03. The second-order valence-electron chi connectivity index (χ2n) is 7.43. The summed E-state index contributed by atoms with van der Waals surface area (Å²) in [6, 6.07) is 18.4. The molecule has 1 aliphatic rings. The number of nitrogens with zero attached hydrogens (tertiary/aromatic N) is 5. The van der Waals surface area contributed by atoms with Crippen LogP contribution in [0.5, 0.6) is 5.75 Å². The lowest BCUT2D eigenvalue weighted by Crippen LogP contribution is -2.34. The number of thiazole rings is 1. The number of carbonyl (C=O) groups excluding carboxylic acids is 1. The molecule has 2 atom stereocenters. The topological polar surface area (TPSA) is 102 Å². The molecule has 1 aromatic heterocycles. The van der Waals surface area contributed by atoms with Crippen molar-refractivity contribution >= 4 is 39.7 Å². The van der Waals surface area contributed by atoms with Crippen molar-refractivity contribution in [2.75, 3.05) is 12.1 Å². The third-order valence-corrected chi connectivity index (χ3v) is 6.56. The Bertz CT molecular complexity index is 1270. The van der Waals surface area contributed by atoms with Gasteiger partial charge in [0.05, 0.1) is 30.9 Å². The smallest absolute Gasteiger partial charge is 0.259 e. The molecular weight excluding hydrogens is 458 g/mol. The average molecular weight is 476 g/mol. The number of halogens is 1. The second-order valence-corrected chi connectivity index (χ2v) is 8.70. The number of benzene rings is 2. The van der Waals surface area contributed by atoms with Crippen LogP contribution >= 0.6 is 22.9 Å². The Hall–Kier alpha value is -3.72. The van der Waals surface area contributed by atoms with Gasteiger partial charge in [0.25, 0.3) is 5.91 Å². The fourth-order valence-corrected chi connectivity index (χ4v) is 4.75. The lowest BCUT2D eigenvalue weighted by atomic mass is 9.76. The summed E-state index contributed by atoms with van der Waals surface area (Å²) in [7, 11) is 1.60. The van der Waals surface area contributed by atoms with Crippen LogP contribution in [0.15, 0.2) is 59.0 Å². The van der Waals surface area contributed by atoms with E-state index in [4.69, 9.17) is 16.3 Å². The Labute approximate surface area is 200 Å². The van der Waals surface area contributed by atoms with Crippen molar-refractivity contribution in [2.24, 2.45) is 16.9 Å². The predicted molar refractivity (Wildman–Crippen MR) is 127 cm³/mol.